The number of ether oxygens (including phenoxy) is 2. The molecule has 1 aromatic heterocycles. The number of amides is 1. The predicted octanol–water partition coefficient (Wildman–Crippen LogP) is 2.75. The average Bonchev–Trinajstić information content (AvgIpc) is 2.90. The molecule has 6 heteroatoms. The molecular weight excluding hydrogens is 288 g/mol. The zero-order chi connectivity index (χ0) is 15.1. The first-order chi connectivity index (χ1) is 10.2. The van der Waals surface area contributed by atoms with E-state index in [1.807, 2.05) is 24.3 Å². The first kappa shape index (κ1) is 15.5. The number of anilines is 2. The summed E-state index contributed by atoms with van der Waals surface area (Å²) in [5.41, 5.74) is 7.95. The van der Waals surface area contributed by atoms with Crippen molar-refractivity contribution < 1.29 is 14.3 Å². The summed E-state index contributed by atoms with van der Waals surface area (Å²) >= 11 is 1.32. The van der Waals surface area contributed by atoms with Crippen LogP contribution in [0, 0.1) is 0 Å². The van der Waals surface area contributed by atoms with Crippen molar-refractivity contribution in [2.45, 2.75) is 6.61 Å². The molecule has 112 valence electrons. The number of nitrogens with one attached hydrogen (secondary N) is 1. The van der Waals surface area contributed by atoms with Crippen molar-refractivity contribution in [1.29, 1.82) is 0 Å². The summed E-state index contributed by atoms with van der Waals surface area (Å²) in [5, 5.41) is 4.63. The number of hydrogen-bond donors (Lipinski definition) is 2. The van der Waals surface area contributed by atoms with E-state index in [1.165, 1.54) is 11.3 Å². The van der Waals surface area contributed by atoms with Gasteiger partial charge in [0, 0.05) is 12.8 Å². The maximum absolute atomic E-state index is 12.1. The number of thiophene rings is 1. The Morgan fingerprint density at radius 3 is 2.90 bits per heavy atom. The molecule has 0 unspecified atom stereocenters. The van der Waals surface area contributed by atoms with E-state index in [0.717, 1.165) is 11.3 Å². The third-order valence-electron chi connectivity index (χ3n) is 2.79. The van der Waals surface area contributed by atoms with Gasteiger partial charge in [0.1, 0.15) is 4.88 Å². The van der Waals surface area contributed by atoms with E-state index >= 15 is 0 Å². The summed E-state index contributed by atoms with van der Waals surface area (Å²) in [7, 11) is 1.63. The lowest BCUT2D eigenvalue weighted by Crippen LogP contribution is -2.12. The summed E-state index contributed by atoms with van der Waals surface area (Å²) in [5.74, 6) is -0.194. The van der Waals surface area contributed by atoms with Crippen LogP contribution in [0.5, 0.6) is 0 Å². The van der Waals surface area contributed by atoms with Gasteiger partial charge in [0.05, 0.1) is 25.5 Å². The molecule has 0 saturated carbocycles. The summed E-state index contributed by atoms with van der Waals surface area (Å²) in [6.45, 7) is 1.58. The second-order valence-corrected chi connectivity index (χ2v) is 5.32. The zero-order valence-electron chi connectivity index (χ0n) is 11.8. The van der Waals surface area contributed by atoms with Crippen molar-refractivity contribution in [2.24, 2.45) is 0 Å². The monoisotopic (exact) mass is 306 g/mol. The Kier molecular flexibility index (Phi) is 5.74. The van der Waals surface area contributed by atoms with Crippen LogP contribution in [0.4, 0.5) is 11.4 Å². The Hall–Kier alpha value is -1.89. The Bertz CT molecular complexity index is 598. The Balaban J connectivity index is 1.94. The average molecular weight is 306 g/mol. The molecular formula is C15H18N2O3S. The van der Waals surface area contributed by atoms with Gasteiger partial charge in [0.25, 0.3) is 5.91 Å². The smallest absolute Gasteiger partial charge is 0.267 e. The SMILES string of the molecule is COCCOCc1cccc(NC(=O)c2sccc2N)c1. The fourth-order valence-corrected chi connectivity index (χ4v) is 2.48. The van der Waals surface area contributed by atoms with E-state index in [2.05, 4.69) is 5.32 Å². The Morgan fingerprint density at radius 2 is 2.19 bits per heavy atom. The lowest BCUT2D eigenvalue weighted by molar-refractivity contribution is 0.0617. The molecule has 1 aromatic carbocycles. The van der Waals surface area contributed by atoms with Crippen LogP contribution >= 0.6 is 11.3 Å². The minimum absolute atomic E-state index is 0.194. The van der Waals surface area contributed by atoms with Gasteiger partial charge in [-0.05, 0) is 29.1 Å². The van der Waals surface area contributed by atoms with E-state index in [4.69, 9.17) is 15.2 Å². The van der Waals surface area contributed by atoms with Crippen LogP contribution in [-0.4, -0.2) is 26.2 Å². The number of methoxy groups -OCH3 is 1. The van der Waals surface area contributed by atoms with Gasteiger partial charge in [0.2, 0.25) is 0 Å². The van der Waals surface area contributed by atoms with Crippen molar-refractivity contribution in [3.8, 4) is 0 Å². The maximum Gasteiger partial charge on any atom is 0.267 e. The minimum atomic E-state index is -0.194. The molecule has 2 rings (SSSR count). The third-order valence-corrected chi connectivity index (χ3v) is 3.72. The molecule has 0 fully saturated rings. The molecule has 1 amide bonds. The number of hydrogen-bond acceptors (Lipinski definition) is 5. The van der Waals surface area contributed by atoms with Crippen molar-refractivity contribution >= 4 is 28.6 Å². The van der Waals surface area contributed by atoms with Gasteiger partial charge >= 0.3 is 0 Å². The van der Waals surface area contributed by atoms with E-state index < -0.39 is 0 Å². The first-order valence-corrected chi connectivity index (χ1v) is 7.38. The van der Waals surface area contributed by atoms with Crippen molar-refractivity contribution in [1.82, 2.24) is 0 Å². The van der Waals surface area contributed by atoms with Gasteiger partial charge in [0.15, 0.2) is 0 Å². The fourth-order valence-electron chi connectivity index (χ4n) is 1.76. The van der Waals surface area contributed by atoms with Gasteiger partial charge in [-0.2, -0.15) is 0 Å². The van der Waals surface area contributed by atoms with E-state index in [0.29, 0.717) is 30.4 Å². The second-order valence-electron chi connectivity index (χ2n) is 4.40. The fraction of sp³-hybridized carbons (Fsp3) is 0.267. The maximum atomic E-state index is 12.1. The van der Waals surface area contributed by atoms with Crippen LogP contribution in [0.2, 0.25) is 0 Å². The van der Waals surface area contributed by atoms with Crippen molar-refractivity contribution in [3.05, 3.63) is 46.2 Å². The molecule has 0 bridgehead atoms. The summed E-state index contributed by atoms with van der Waals surface area (Å²) < 4.78 is 10.4. The molecule has 0 radical (unpaired) electrons. The molecule has 2 aromatic rings. The second kappa shape index (κ2) is 7.78. The molecule has 0 aliphatic carbocycles. The standard InChI is InChI=1S/C15H18N2O3S/c1-19-6-7-20-10-11-3-2-4-12(9-11)17-15(18)14-13(16)5-8-21-14/h2-5,8-9H,6-7,10,16H2,1H3,(H,17,18). The summed E-state index contributed by atoms with van der Waals surface area (Å²) in [6, 6.07) is 9.26. The molecule has 0 atom stereocenters. The molecule has 0 aliphatic rings. The summed E-state index contributed by atoms with van der Waals surface area (Å²) in [6.07, 6.45) is 0. The molecule has 1 heterocycles. The number of rotatable bonds is 7. The minimum Gasteiger partial charge on any atom is -0.397 e. The molecule has 21 heavy (non-hydrogen) atoms. The first-order valence-electron chi connectivity index (χ1n) is 6.50. The van der Waals surface area contributed by atoms with Crippen LogP contribution in [-0.2, 0) is 16.1 Å². The number of carbonyl (C=O) groups excluding carboxylic acids is 1. The third kappa shape index (κ3) is 4.56. The largest absolute Gasteiger partial charge is 0.397 e. The van der Waals surface area contributed by atoms with E-state index in [-0.39, 0.29) is 5.91 Å². The van der Waals surface area contributed by atoms with E-state index in [9.17, 15) is 4.79 Å². The molecule has 0 saturated heterocycles. The molecule has 3 N–H and O–H groups in total. The highest BCUT2D eigenvalue weighted by molar-refractivity contribution is 7.12. The lowest BCUT2D eigenvalue weighted by Gasteiger charge is -2.08. The van der Waals surface area contributed by atoms with Crippen molar-refractivity contribution in [3.63, 3.8) is 0 Å². The number of carbonyl (C=O) groups is 1. The normalized spacial score (nSPS) is 10.5. The topological polar surface area (TPSA) is 73.6 Å². The van der Waals surface area contributed by atoms with Gasteiger partial charge in [-0.1, -0.05) is 12.1 Å². The number of nitrogen functional groups attached to an aromatic ring is 1. The molecule has 5 nitrogen and oxygen atoms in total. The lowest BCUT2D eigenvalue weighted by atomic mass is 10.2. The van der Waals surface area contributed by atoms with Crippen LogP contribution in [0.25, 0.3) is 0 Å². The molecule has 0 spiro atoms. The predicted molar refractivity (Wildman–Crippen MR) is 84.7 cm³/mol. The quantitative estimate of drug-likeness (QED) is 0.771. The van der Waals surface area contributed by atoms with Gasteiger partial charge in [-0.25, -0.2) is 0 Å². The van der Waals surface area contributed by atoms with Crippen molar-refractivity contribution in [2.75, 3.05) is 31.4 Å². The Labute approximate surface area is 127 Å². The van der Waals surface area contributed by atoms with Gasteiger partial charge in [-0.15, -0.1) is 11.3 Å². The highest BCUT2D eigenvalue weighted by Crippen LogP contribution is 2.21. The molecule has 0 aliphatic heterocycles. The van der Waals surface area contributed by atoms with Crippen LogP contribution in [0.15, 0.2) is 35.7 Å². The highest BCUT2D eigenvalue weighted by atomic mass is 32.1. The van der Waals surface area contributed by atoms with Gasteiger partial charge < -0.3 is 20.5 Å². The summed E-state index contributed by atoms with van der Waals surface area (Å²) in [4.78, 5) is 12.6. The van der Waals surface area contributed by atoms with Crippen LogP contribution in [0.1, 0.15) is 15.2 Å². The van der Waals surface area contributed by atoms with Crippen LogP contribution in [0.3, 0.4) is 0 Å². The number of nitrogens with two attached hydrogens (primary N) is 1. The van der Waals surface area contributed by atoms with Crippen LogP contribution < -0.4 is 11.1 Å². The zero-order valence-corrected chi connectivity index (χ0v) is 12.6. The van der Waals surface area contributed by atoms with Gasteiger partial charge in [-0.3, -0.25) is 4.79 Å². The number of benzene rings is 1. The van der Waals surface area contributed by atoms with E-state index in [1.54, 1.807) is 18.6 Å². The Morgan fingerprint density at radius 1 is 1.33 bits per heavy atom. The highest BCUT2D eigenvalue weighted by Gasteiger charge is 2.11.